The first-order valence-corrected chi connectivity index (χ1v) is 10.6. The quantitative estimate of drug-likeness (QED) is 0.818. The number of carbonyl (C=O) groups is 1. The van der Waals surface area contributed by atoms with Crippen LogP contribution >= 0.6 is 0 Å². The number of nitrogens with one attached hydrogen (secondary N) is 1. The smallest absolute Gasteiger partial charge is 0.224 e. The van der Waals surface area contributed by atoms with Crippen LogP contribution in [0.4, 0.5) is 0 Å². The van der Waals surface area contributed by atoms with Gasteiger partial charge in [0.1, 0.15) is 11.3 Å². The van der Waals surface area contributed by atoms with Gasteiger partial charge in [0.25, 0.3) is 0 Å². The van der Waals surface area contributed by atoms with E-state index in [0.29, 0.717) is 23.7 Å². The van der Waals surface area contributed by atoms with E-state index >= 15 is 0 Å². The summed E-state index contributed by atoms with van der Waals surface area (Å²) in [5.74, 6) is 0.889. The van der Waals surface area contributed by atoms with Crippen LogP contribution in [0.15, 0.2) is 6.20 Å². The van der Waals surface area contributed by atoms with Gasteiger partial charge in [0.2, 0.25) is 5.91 Å². The third-order valence-corrected chi connectivity index (χ3v) is 6.73. The van der Waals surface area contributed by atoms with Crippen molar-refractivity contribution in [2.75, 3.05) is 13.1 Å². The van der Waals surface area contributed by atoms with Gasteiger partial charge >= 0.3 is 0 Å². The van der Waals surface area contributed by atoms with E-state index in [1.54, 1.807) is 13.8 Å². The largest absolute Gasteiger partial charge is 0.384 e. The first-order chi connectivity index (χ1) is 12.9. The first-order valence-electron chi connectivity index (χ1n) is 10.6. The molecule has 0 spiro atoms. The van der Waals surface area contributed by atoms with Gasteiger partial charge in [-0.1, -0.05) is 24.5 Å². The average Bonchev–Trinajstić information content (AvgIpc) is 3.12. The van der Waals surface area contributed by atoms with Gasteiger partial charge in [-0.3, -0.25) is 14.4 Å². The number of rotatable bonds is 5. The van der Waals surface area contributed by atoms with Crippen molar-refractivity contribution in [2.24, 2.45) is 11.8 Å². The second-order valence-corrected chi connectivity index (χ2v) is 9.27. The number of amides is 1. The molecule has 7 heteroatoms. The van der Waals surface area contributed by atoms with Crippen LogP contribution in [-0.2, 0) is 16.9 Å². The highest BCUT2D eigenvalue weighted by atomic mass is 16.3. The molecule has 4 aliphatic rings. The predicted octanol–water partition coefficient (Wildman–Crippen LogP) is 1.66. The summed E-state index contributed by atoms with van der Waals surface area (Å²) >= 11 is 0. The third kappa shape index (κ3) is 4.19. The normalized spacial score (nSPS) is 31.8. The van der Waals surface area contributed by atoms with Crippen LogP contribution in [0.1, 0.15) is 64.5 Å². The van der Waals surface area contributed by atoms with Crippen molar-refractivity contribution in [3.8, 4) is 0 Å². The second-order valence-electron chi connectivity index (χ2n) is 9.27. The summed E-state index contributed by atoms with van der Waals surface area (Å²) in [6.45, 7) is 6.15. The van der Waals surface area contributed by atoms with Gasteiger partial charge in [-0.05, 0) is 52.0 Å². The zero-order chi connectivity index (χ0) is 19.0. The molecule has 2 bridgehead atoms. The Bertz CT molecular complexity index is 662. The fraction of sp³-hybridized carbons (Fsp3) is 0.850. The molecule has 1 aliphatic carbocycles. The molecule has 1 saturated carbocycles. The van der Waals surface area contributed by atoms with E-state index in [0.717, 1.165) is 45.3 Å². The van der Waals surface area contributed by atoms with E-state index in [9.17, 15) is 9.90 Å². The Kier molecular flexibility index (Phi) is 5.25. The number of fused-ring (bicyclic) bond motifs is 3. The fourth-order valence-electron chi connectivity index (χ4n) is 5.06. The van der Waals surface area contributed by atoms with Gasteiger partial charge < -0.3 is 10.4 Å². The van der Waals surface area contributed by atoms with Crippen LogP contribution in [0.3, 0.4) is 0 Å². The lowest BCUT2D eigenvalue weighted by molar-refractivity contribution is -0.134. The van der Waals surface area contributed by atoms with Crippen molar-refractivity contribution < 1.29 is 9.90 Å². The molecular formula is C20H33N5O2. The first kappa shape index (κ1) is 18.9. The summed E-state index contributed by atoms with van der Waals surface area (Å²) in [5, 5.41) is 21.7. The molecule has 150 valence electrons. The summed E-state index contributed by atoms with van der Waals surface area (Å²) < 4.78 is 1.84. The summed E-state index contributed by atoms with van der Waals surface area (Å²) in [6, 6.07) is 0.798. The molecule has 1 amide bonds. The molecule has 3 aliphatic heterocycles. The molecule has 27 heavy (non-hydrogen) atoms. The highest BCUT2D eigenvalue weighted by molar-refractivity contribution is 5.79. The molecule has 5 rings (SSSR count). The Labute approximate surface area is 161 Å². The molecule has 4 heterocycles. The molecule has 0 aromatic carbocycles. The highest BCUT2D eigenvalue weighted by Gasteiger charge is 2.43. The van der Waals surface area contributed by atoms with Crippen LogP contribution < -0.4 is 5.32 Å². The Balaban J connectivity index is 1.34. The lowest BCUT2D eigenvalue weighted by Gasteiger charge is -2.49. The van der Waals surface area contributed by atoms with Crippen molar-refractivity contribution in [1.82, 2.24) is 25.2 Å². The average molecular weight is 376 g/mol. The van der Waals surface area contributed by atoms with Crippen molar-refractivity contribution in [2.45, 2.75) is 83.0 Å². The van der Waals surface area contributed by atoms with Gasteiger partial charge in [0, 0.05) is 18.6 Å². The number of carbonyl (C=O) groups excluding carboxylic acids is 1. The summed E-state index contributed by atoms with van der Waals surface area (Å²) in [7, 11) is 0. The maximum absolute atomic E-state index is 12.8. The number of nitrogens with zero attached hydrogens (tertiary/aromatic N) is 4. The molecule has 3 saturated heterocycles. The molecule has 1 aromatic rings. The number of aliphatic hydroxyl groups is 1. The lowest BCUT2D eigenvalue weighted by atomic mass is 9.75. The van der Waals surface area contributed by atoms with Crippen molar-refractivity contribution in [1.29, 1.82) is 0 Å². The minimum Gasteiger partial charge on any atom is -0.384 e. The number of piperidine rings is 3. The monoisotopic (exact) mass is 375 g/mol. The Morgan fingerprint density at radius 1 is 1.30 bits per heavy atom. The lowest BCUT2D eigenvalue weighted by Crippen LogP contribution is -2.58. The van der Waals surface area contributed by atoms with Crippen LogP contribution in [0, 0.1) is 11.8 Å². The molecule has 2 N–H and O–H groups in total. The zero-order valence-electron chi connectivity index (χ0n) is 16.6. The predicted molar refractivity (Wildman–Crippen MR) is 102 cm³/mol. The molecule has 1 aromatic heterocycles. The standard InChI is InChI=1S/C20H33N5O2/c1-20(2,27)18-13-25(23-22-18)11-16-10-14-8-9-24(16)12-17(14)19(26)21-15-6-4-3-5-7-15/h13-17,27H,3-12H2,1-2H3,(H,21,26)/t14?,16-,17+/m1/s1. The molecule has 0 radical (unpaired) electrons. The van der Waals surface area contributed by atoms with Gasteiger partial charge in [0.15, 0.2) is 0 Å². The van der Waals surface area contributed by atoms with E-state index in [1.807, 2.05) is 10.9 Å². The van der Waals surface area contributed by atoms with Crippen LogP contribution in [0.25, 0.3) is 0 Å². The van der Waals surface area contributed by atoms with Crippen LogP contribution in [-0.4, -0.2) is 56.1 Å². The van der Waals surface area contributed by atoms with Gasteiger partial charge in [0.05, 0.1) is 18.7 Å². The Hall–Kier alpha value is -1.47. The van der Waals surface area contributed by atoms with Gasteiger partial charge in [-0.15, -0.1) is 5.10 Å². The fourth-order valence-corrected chi connectivity index (χ4v) is 5.06. The number of hydrogen-bond acceptors (Lipinski definition) is 5. The van der Waals surface area contributed by atoms with E-state index in [-0.39, 0.29) is 11.8 Å². The van der Waals surface area contributed by atoms with Gasteiger partial charge in [-0.25, -0.2) is 0 Å². The number of aromatic nitrogens is 3. The zero-order valence-corrected chi connectivity index (χ0v) is 16.6. The summed E-state index contributed by atoms with van der Waals surface area (Å²) in [5.41, 5.74) is -0.366. The van der Waals surface area contributed by atoms with Crippen LogP contribution in [0.5, 0.6) is 0 Å². The summed E-state index contributed by atoms with van der Waals surface area (Å²) in [6.07, 6.45) is 10.1. The van der Waals surface area contributed by atoms with Crippen LogP contribution in [0.2, 0.25) is 0 Å². The van der Waals surface area contributed by atoms with E-state index in [1.165, 1.54) is 19.3 Å². The Morgan fingerprint density at radius 3 is 2.70 bits per heavy atom. The topological polar surface area (TPSA) is 83.3 Å². The molecule has 4 fully saturated rings. The molecule has 2 unspecified atom stereocenters. The maximum Gasteiger partial charge on any atom is 0.224 e. The van der Waals surface area contributed by atoms with E-state index in [4.69, 9.17) is 0 Å². The molecule has 4 atom stereocenters. The molecule has 7 nitrogen and oxygen atoms in total. The Morgan fingerprint density at radius 2 is 2.07 bits per heavy atom. The highest BCUT2D eigenvalue weighted by Crippen LogP contribution is 2.37. The van der Waals surface area contributed by atoms with Crippen molar-refractivity contribution in [3.63, 3.8) is 0 Å². The second kappa shape index (κ2) is 7.51. The van der Waals surface area contributed by atoms with Gasteiger partial charge in [-0.2, -0.15) is 0 Å². The van der Waals surface area contributed by atoms with E-state index < -0.39 is 5.60 Å². The number of hydrogen-bond donors (Lipinski definition) is 2. The SMILES string of the molecule is CC(C)(O)c1cn(C[C@H]2CC3CCN2C[C@@H]3C(=O)NC2CCCCC2)nn1. The molecular weight excluding hydrogens is 342 g/mol. The maximum atomic E-state index is 12.8. The third-order valence-electron chi connectivity index (χ3n) is 6.73. The van der Waals surface area contributed by atoms with E-state index in [2.05, 4.69) is 20.5 Å². The van der Waals surface area contributed by atoms with Crippen molar-refractivity contribution >= 4 is 5.91 Å². The van der Waals surface area contributed by atoms with Crippen molar-refractivity contribution in [3.05, 3.63) is 11.9 Å². The minimum atomic E-state index is -0.966. The minimum absolute atomic E-state index is 0.139. The summed E-state index contributed by atoms with van der Waals surface area (Å²) in [4.78, 5) is 15.3.